The molecule has 1 amide bonds. The normalized spacial score (nSPS) is 18.9. The second-order valence-corrected chi connectivity index (χ2v) is 7.51. The predicted octanol–water partition coefficient (Wildman–Crippen LogP) is 3.71. The van der Waals surface area contributed by atoms with Crippen molar-refractivity contribution in [3.8, 4) is 0 Å². The van der Waals surface area contributed by atoms with Crippen LogP contribution in [0.1, 0.15) is 23.6 Å². The van der Waals surface area contributed by atoms with Crippen molar-refractivity contribution < 1.29 is 14.7 Å². The van der Waals surface area contributed by atoms with Gasteiger partial charge in [0.1, 0.15) is 5.76 Å². The second kappa shape index (κ2) is 8.59. The molecule has 146 valence electrons. The number of carbonyl (C=O) groups excluding carboxylic acids is 2. The standard InChI is InChI=1S/C22H23ClN2O3/c1-24(2)12-7-13-25-19(16-10-6-11-17(23)14-16)18(21(27)22(25)28)20(26)15-8-4-3-5-9-15/h3-6,8-11,14,19,26H,7,12-13H2,1-2H3/t19-/m0/s1. The minimum atomic E-state index is -0.670. The highest BCUT2D eigenvalue weighted by molar-refractivity contribution is 6.46. The zero-order valence-corrected chi connectivity index (χ0v) is 16.7. The Hall–Kier alpha value is -2.63. The Morgan fingerprint density at radius 1 is 1.11 bits per heavy atom. The monoisotopic (exact) mass is 398 g/mol. The van der Waals surface area contributed by atoms with Crippen molar-refractivity contribution in [2.75, 3.05) is 27.2 Å². The molecular weight excluding hydrogens is 376 g/mol. The van der Waals surface area contributed by atoms with Crippen LogP contribution in [-0.2, 0) is 9.59 Å². The molecule has 0 saturated carbocycles. The molecule has 6 heteroatoms. The maximum atomic E-state index is 12.8. The Bertz CT molecular complexity index is 909. The Labute approximate surface area is 169 Å². The van der Waals surface area contributed by atoms with Gasteiger partial charge < -0.3 is 14.9 Å². The molecule has 0 spiro atoms. The minimum Gasteiger partial charge on any atom is -0.507 e. The third-order valence-electron chi connectivity index (χ3n) is 4.76. The molecule has 0 bridgehead atoms. The smallest absolute Gasteiger partial charge is 0.295 e. The van der Waals surface area contributed by atoms with E-state index in [0.717, 1.165) is 6.54 Å². The van der Waals surface area contributed by atoms with Crippen molar-refractivity contribution >= 4 is 29.1 Å². The van der Waals surface area contributed by atoms with Crippen LogP contribution in [0, 0.1) is 0 Å². The molecule has 1 aliphatic rings. The molecule has 0 aliphatic carbocycles. The van der Waals surface area contributed by atoms with Crippen molar-refractivity contribution in [1.82, 2.24) is 9.80 Å². The average Bonchev–Trinajstić information content (AvgIpc) is 2.93. The van der Waals surface area contributed by atoms with Crippen molar-refractivity contribution in [2.24, 2.45) is 0 Å². The lowest BCUT2D eigenvalue weighted by atomic mass is 9.95. The highest BCUT2D eigenvalue weighted by Gasteiger charge is 2.45. The number of benzene rings is 2. The Kier molecular flexibility index (Phi) is 6.17. The molecular formula is C22H23ClN2O3. The van der Waals surface area contributed by atoms with E-state index in [9.17, 15) is 14.7 Å². The van der Waals surface area contributed by atoms with E-state index in [1.54, 1.807) is 42.5 Å². The molecule has 28 heavy (non-hydrogen) atoms. The maximum Gasteiger partial charge on any atom is 0.295 e. The number of rotatable bonds is 6. The van der Waals surface area contributed by atoms with Gasteiger partial charge in [-0.1, -0.05) is 54.1 Å². The molecule has 1 aliphatic heterocycles. The molecule has 1 saturated heterocycles. The topological polar surface area (TPSA) is 60.9 Å². The summed E-state index contributed by atoms with van der Waals surface area (Å²) >= 11 is 6.16. The third kappa shape index (κ3) is 4.11. The van der Waals surface area contributed by atoms with Gasteiger partial charge in [-0.2, -0.15) is 0 Å². The number of hydrogen-bond acceptors (Lipinski definition) is 4. The van der Waals surface area contributed by atoms with Gasteiger partial charge in [-0.15, -0.1) is 0 Å². The van der Waals surface area contributed by atoms with Crippen LogP contribution in [-0.4, -0.2) is 53.8 Å². The van der Waals surface area contributed by atoms with Gasteiger partial charge in [0, 0.05) is 17.1 Å². The number of carbonyl (C=O) groups is 2. The average molecular weight is 399 g/mol. The first kappa shape index (κ1) is 20.1. The van der Waals surface area contributed by atoms with Crippen LogP contribution in [0.2, 0.25) is 5.02 Å². The molecule has 1 N–H and O–H groups in total. The van der Waals surface area contributed by atoms with Gasteiger partial charge in [0.05, 0.1) is 11.6 Å². The number of aliphatic hydroxyl groups is 1. The molecule has 5 nitrogen and oxygen atoms in total. The summed E-state index contributed by atoms with van der Waals surface area (Å²) in [5.41, 5.74) is 1.30. The first-order chi connectivity index (χ1) is 13.4. The fourth-order valence-electron chi connectivity index (χ4n) is 3.44. The van der Waals surface area contributed by atoms with E-state index < -0.39 is 17.7 Å². The number of ketones is 1. The van der Waals surface area contributed by atoms with E-state index in [1.807, 2.05) is 31.1 Å². The molecule has 1 fully saturated rings. The number of aliphatic hydroxyl groups excluding tert-OH is 1. The van der Waals surface area contributed by atoms with Gasteiger partial charge in [0.15, 0.2) is 0 Å². The van der Waals surface area contributed by atoms with Crippen molar-refractivity contribution in [2.45, 2.75) is 12.5 Å². The molecule has 0 unspecified atom stereocenters. The van der Waals surface area contributed by atoms with Gasteiger partial charge >= 0.3 is 0 Å². The predicted molar refractivity (Wildman–Crippen MR) is 110 cm³/mol. The van der Waals surface area contributed by atoms with Crippen LogP contribution >= 0.6 is 11.6 Å². The number of likely N-dealkylation sites (tertiary alicyclic amines) is 1. The lowest BCUT2D eigenvalue weighted by Crippen LogP contribution is -2.32. The fourth-order valence-corrected chi connectivity index (χ4v) is 3.64. The first-order valence-electron chi connectivity index (χ1n) is 9.14. The van der Waals surface area contributed by atoms with Gasteiger partial charge in [-0.25, -0.2) is 0 Å². The summed E-state index contributed by atoms with van der Waals surface area (Å²) < 4.78 is 0. The summed E-state index contributed by atoms with van der Waals surface area (Å²) in [6.07, 6.45) is 0.711. The summed E-state index contributed by atoms with van der Waals surface area (Å²) in [6.45, 7) is 1.19. The molecule has 3 rings (SSSR count). The number of halogens is 1. The van der Waals surface area contributed by atoms with Crippen LogP contribution in [0.25, 0.3) is 5.76 Å². The third-order valence-corrected chi connectivity index (χ3v) is 4.99. The van der Waals surface area contributed by atoms with Gasteiger partial charge in [-0.3, -0.25) is 9.59 Å². The van der Waals surface area contributed by atoms with Crippen molar-refractivity contribution in [1.29, 1.82) is 0 Å². The largest absolute Gasteiger partial charge is 0.507 e. The van der Waals surface area contributed by atoms with Crippen LogP contribution in [0.5, 0.6) is 0 Å². The van der Waals surface area contributed by atoms with Gasteiger partial charge in [0.2, 0.25) is 0 Å². The van der Waals surface area contributed by atoms with Crippen LogP contribution in [0.15, 0.2) is 60.2 Å². The quantitative estimate of drug-likeness (QED) is 0.457. The number of amides is 1. The lowest BCUT2D eigenvalue weighted by Gasteiger charge is -2.26. The zero-order valence-electron chi connectivity index (χ0n) is 15.9. The van der Waals surface area contributed by atoms with E-state index in [0.29, 0.717) is 29.1 Å². The van der Waals surface area contributed by atoms with Gasteiger partial charge in [-0.05, 0) is 44.8 Å². The molecule has 1 atom stereocenters. The Balaban J connectivity index is 2.08. The first-order valence-corrected chi connectivity index (χ1v) is 9.52. The van der Waals surface area contributed by atoms with Gasteiger partial charge in [0.25, 0.3) is 11.7 Å². The van der Waals surface area contributed by atoms with E-state index in [4.69, 9.17) is 11.6 Å². The summed E-state index contributed by atoms with van der Waals surface area (Å²) in [6, 6.07) is 15.2. The summed E-state index contributed by atoms with van der Waals surface area (Å²) in [7, 11) is 3.91. The molecule has 0 radical (unpaired) electrons. The number of nitrogens with zero attached hydrogens (tertiary/aromatic N) is 2. The highest BCUT2D eigenvalue weighted by atomic mass is 35.5. The Morgan fingerprint density at radius 3 is 2.46 bits per heavy atom. The van der Waals surface area contributed by atoms with Crippen LogP contribution in [0.4, 0.5) is 0 Å². The van der Waals surface area contributed by atoms with E-state index in [1.165, 1.54) is 4.90 Å². The van der Waals surface area contributed by atoms with E-state index in [-0.39, 0.29) is 11.3 Å². The van der Waals surface area contributed by atoms with Crippen LogP contribution < -0.4 is 0 Å². The van der Waals surface area contributed by atoms with Crippen molar-refractivity contribution in [3.05, 3.63) is 76.3 Å². The minimum absolute atomic E-state index is 0.100. The fraction of sp³-hybridized carbons (Fsp3) is 0.273. The molecule has 2 aromatic carbocycles. The number of Topliss-reactive ketones (excluding diaryl/α,β-unsaturated/α-hetero) is 1. The highest BCUT2D eigenvalue weighted by Crippen LogP contribution is 2.39. The lowest BCUT2D eigenvalue weighted by molar-refractivity contribution is -0.139. The van der Waals surface area contributed by atoms with E-state index in [2.05, 4.69) is 0 Å². The SMILES string of the molecule is CN(C)CCCN1C(=O)C(=O)C(=C(O)c2ccccc2)[C@@H]1c1cccc(Cl)c1. The Morgan fingerprint density at radius 2 is 1.82 bits per heavy atom. The van der Waals surface area contributed by atoms with E-state index >= 15 is 0 Å². The summed E-state index contributed by atoms with van der Waals surface area (Å²) in [5, 5.41) is 11.4. The maximum absolute atomic E-state index is 12.8. The van der Waals surface area contributed by atoms with Crippen molar-refractivity contribution in [3.63, 3.8) is 0 Å². The number of hydrogen-bond donors (Lipinski definition) is 1. The molecule has 2 aromatic rings. The molecule has 1 heterocycles. The van der Waals surface area contributed by atoms with Crippen LogP contribution in [0.3, 0.4) is 0 Å². The summed E-state index contributed by atoms with van der Waals surface area (Å²) in [4.78, 5) is 29.2. The summed E-state index contributed by atoms with van der Waals surface area (Å²) in [5.74, 6) is -1.43. The zero-order chi connectivity index (χ0) is 20.3. The second-order valence-electron chi connectivity index (χ2n) is 7.07. The molecule has 0 aromatic heterocycles.